The topological polar surface area (TPSA) is 44.8 Å². The number of rotatable bonds is 4. The van der Waals surface area contributed by atoms with Crippen LogP contribution in [0.1, 0.15) is 26.2 Å². The molecule has 0 saturated heterocycles. The minimum absolute atomic E-state index is 0.214. The van der Waals surface area contributed by atoms with Crippen molar-refractivity contribution in [1.29, 1.82) is 0 Å². The van der Waals surface area contributed by atoms with E-state index in [1.54, 1.807) is 21.1 Å². The second-order valence-electron chi connectivity index (χ2n) is 3.42. The highest BCUT2D eigenvalue weighted by Gasteiger charge is 2.48. The van der Waals surface area contributed by atoms with E-state index in [2.05, 4.69) is 0 Å². The summed E-state index contributed by atoms with van der Waals surface area (Å²) in [5.74, 6) is -1.25. The largest absolute Gasteiger partial charge is 0.466 e. The molecular weight excluding hydrogens is 184 g/mol. The zero-order valence-corrected chi connectivity index (χ0v) is 9.04. The number of carbonyl (C=O) groups excluding carboxylic acids is 1. The number of methoxy groups -OCH3 is 2. The molecule has 4 nitrogen and oxygen atoms in total. The van der Waals surface area contributed by atoms with Crippen LogP contribution in [-0.4, -0.2) is 32.6 Å². The van der Waals surface area contributed by atoms with Gasteiger partial charge in [0.05, 0.1) is 6.61 Å². The number of ether oxygens (including phenoxy) is 3. The lowest BCUT2D eigenvalue weighted by molar-refractivity contribution is -0.232. The van der Waals surface area contributed by atoms with E-state index in [4.69, 9.17) is 14.2 Å². The van der Waals surface area contributed by atoms with E-state index in [-0.39, 0.29) is 11.9 Å². The monoisotopic (exact) mass is 202 g/mol. The molecule has 1 aliphatic carbocycles. The van der Waals surface area contributed by atoms with E-state index in [0.29, 0.717) is 6.61 Å². The van der Waals surface area contributed by atoms with Gasteiger partial charge in [-0.15, -0.1) is 0 Å². The first kappa shape index (κ1) is 11.5. The van der Waals surface area contributed by atoms with Crippen molar-refractivity contribution in [3.05, 3.63) is 0 Å². The van der Waals surface area contributed by atoms with Gasteiger partial charge in [0.1, 0.15) is 5.92 Å². The van der Waals surface area contributed by atoms with Crippen LogP contribution in [0.4, 0.5) is 0 Å². The smallest absolute Gasteiger partial charge is 0.314 e. The highest BCUT2D eigenvalue weighted by Crippen LogP contribution is 2.39. The number of hydrogen-bond acceptors (Lipinski definition) is 4. The highest BCUT2D eigenvalue weighted by molar-refractivity contribution is 5.74. The molecular formula is C10H18O4. The van der Waals surface area contributed by atoms with Crippen LogP contribution in [0.2, 0.25) is 0 Å². The van der Waals surface area contributed by atoms with Gasteiger partial charge in [-0.1, -0.05) is 0 Å². The normalized spacial score (nSPS) is 24.9. The average Bonchev–Trinajstić information content (AvgIpc) is 2.62. The lowest BCUT2D eigenvalue weighted by Gasteiger charge is -2.30. The third-order valence-corrected chi connectivity index (χ3v) is 2.81. The van der Waals surface area contributed by atoms with Crippen LogP contribution in [0.3, 0.4) is 0 Å². The molecule has 82 valence electrons. The SMILES string of the molecule is CCOC(=O)[C@H]1CCCC1(OC)OC. The molecule has 0 N–H and O–H groups in total. The minimum atomic E-state index is -0.758. The summed E-state index contributed by atoms with van der Waals surface area (Å²) in [6.07, 6.45) is 2.47. The molecule has 0 unspecified atom stereocenters. The van der Waals surface area contributed by atoms with E-state index >= 15 is 0 Å². The molecule has 0 spiro atoms. The lowest BCUT2D eigenvalue weighted by Crippen LogP contribution is -2.42. The summed E-state index contributed by atoms with van der Waals surface area (Å²) in [6, 6.07) is 0. The van der Waals surface area contributed by atoms with Crippen molar-refractivity contribution >= 4 is 5.97 Å². The van der Waals surface area contributed by atoms with Crippen LogP contribution in [-0.2, 0) is 19.0 Å². The summed E-state index contributed by atoms with van der Waals surface area (Å²) >= 11 is 0. The van der Waals surface area contributed by atoms with Crippen molar-refractivity contribution in [1.82, 2.24) is 0 Å². The predicted molar refractivity (Wildman–Crippen MR) is 50.7 cm³/mol. The summed E-state index contributed by atoms with van der Waals surface area (Å²) in [7, 11) is 3.14. The van der Waals surface area contributed by atoms with Crippen molar-refractivity contribution in [2.75, 3.05) is 20.8 Å². The first-order chi connectivity index (χ1) is 6.70. The van der Waals surface area contributed by atoms with Crippen LogP contribution in [0.15, 0.2) is 0 Å². The van der Waals surface area contributed by atoms with E-state index in [1.165, 1.54) is 0 Å². The first-order valence-electron chi connectivity index (χ1n) is 4.97. The molecule has 0 aromatic heterocycles. The molecule has 0 heterocycles. The van der Waals surface area contributed by atoms with Crippen molar-refractivity contribution in [2.24, 2.45) is 5.92 Å². The lowest BCUT2D eigenvalue weighted by atomic mass is 10.0. The van der Waals surface area contributed by atoms with Crippen molar-refractivity contribution in [2.45, 2.75) is 32.0 Å². The summed E-state index contributed by atoms with van der Waals surface area (Å²) in [5.41, 5.74) is 0. The molecule has 4 heteroatoms. The van der Waals surface area contributed by atoms with E-state index in [0.717, 1.165) is 19.3 Å². The molecule has 1 atom stereocenters. The van der Waals surface area contributed by atoms with E-state index in [1.807, 2.05) is 0 Å². The summed E-state index contributed by atoms with van der Waals surface area (Å²) in [5, 5.41) is 0. The molecule has 14 heavy (non-hydrogen) atoms. The van der Waals surface area contributed by atoms with Crippen molar-refractivity contribution in [3.63, 3.8) is 0 Å². The molecule has 0 bridgehead atoms. The second kappa shape index (κ2) is 4.75. The molecule has 0 radical (unpaired) electrons. The Labute approximate surface area is 84.5 Å². The van der Waals surface area contributed by atoms with Crippen LogP contribution < -0.4 is 0 Å². The fourth-order valence-electron chi connectivity index (χ4n) is 2.06. The van der Waals surface area contributed by atoms with E-state index in [9.17, 15) is 4.79 Å². The first-order valence-corrected chi connectivity index (χ1v) is 4.97. The van der Waals surface area contributed by atoms with Gasteiger partial charge in [-0.2, -0.15) is 0 Å². The van der Waals surface area contributed by atoms with Gasteiger partial charge >= 0.3 is 5.97 Å². The third-order valence-electron chi connectivity index (χ3n) is 2.81. The van der Waals surface area contributed by atoms with Gasteiger partial charge in [0.25, 0.3) is 0 Å². The molecule has 0 aromatic carbocycles. The Morgan fingerprint density at radius 1 is 1.43 bits per heavy atom. The standard InChI is InChI=1S/C10H18O4/c1-4-14-9(11)8-6-5-7-10(8,12-2)13-3/h8H,4-7H2,1-3H3/t8-/m1/s1. The average molecular weight is 202 g/mol. The molecule has 0 amide bonds. The van der Waals surface area contributed by atoms with Gasteiger partial charge in [-0.25, -0.2) is 0 Å². The number of hydrogen-bond donors (Lipinski definition) is 0. The summed E-state index contributed by atoms with van der Waals surface area (Å²) in [6.45, 7) is 2.20. The number of esters is 1. The Balaban J connectivity index is 2.71. The predicted octanol–water partition coefficient (Wildman–Crippen LogP) is 1.34. The summed E-state index contributed by atoms with van der Waals surface area (Å²) < 4.78 is 15.6. The van der Waals surface area contributed by atoms with Crippen LogP contribution in [0.5, 0.6) is 0 Å². The maximum absolute atomic E-state index is 11.6. The van der Waals surface area contributed by atoms with Crippen LogP contribution in [0, 0.1) is 5.92 Å². The quantitative estimate of drug-likeness (QED) is 0.509. The maximum Gasteiger partial charge on any atom is 0.314 e. The van der Waals surface area contributed by atoms with Gasteiger partial charge in [-0.05, 0) is 19.8 Å². The van der Waals surface area contributed by atoms with Gasteiger partial charge < -0.3 is 14.2 Å². The van der Waals surface area contributed by atoms with Gasteiger partial charge in [0, 0.05) is 20.6 Å². The molecule has 0 aromatic rings. The molecule has 0 aliphatic heterocycles. The zero-order valence-electron chi connectivity index (χ0n) is 9.04. The Kier molecular flexibility index (Phi) is 3.89. The Bertz CT molecular complexity index is 198. The Hall–Kier alpha value is -0.610. The van der Waals surface area contributed by atoms with E-state index < -0.39 is 5.79 Å². The maximum atomic E-state index is 11.6. The van der Waals surface area contributed by atoms with Gasteiger partial charge in [0.2, 0.25) is 0 Å². The van der Waals surface area contributed by atoms with Crippen LogP contribution in [0.25, 0.3) is 0 Å². The summed E-state index contributed by atoms with van der Waals surface area (Å²) in [4.78, 5) is 11.6. The third kappa shape index (κ3) is 1.91. The fourth-order valence-corrected chi connectivity index (χ4v) is 2.06. The van der Waals surface area contributed by atoms with Crippen molar-refractivity contribution in [3.8, 4) is 0 Å². The zero-order chi connectivity index (χ0) is 10.6. The minimum Gasteiger partial charge on any atom is -0.466 e. The second-order valence-corrected chi connectivity index (χ2v) is 3.42. The van der Waals surface area contributed by atoms with Gasteiger partial charge in [0.15, 0.2) is 5.79 Å². The Morgan fingerprint density at radius 2 is 2.07 bits per heavy atom. The molecule has 1 rings (SSSR count). The van der Waals surface area contributed by atoms with Gasteiger partial charge in [-0.3, -0.25) is 4.79 Å². The van der Waals surface area contributed by atoms with Crippen LogP contribution >= 0.6 is 0 Å². The van der Waals surface area contributed by atoms with Crippen molar-refractivity contribution < 1.29 is 19.0 Å². The Morgan fingerprint density at radius 3 is 2.57 bits per heavy atom. The molecule has 1 saturated carbocycles. The highest BCUT2D eigenvalue weighted by atomic mass is 16.7. The molecule has 1 aliphatic rings. The fraction of sp³-hybridized carbons (Fsp3) is 0.900. The molecule has 1 fully saturated rings. The number of carbonyl (C=O) groups is 1.